The minimum Gasteiger partial charge on any atom is -0.409 e. The molecule has 0 aliphatic heterocycles. The smallest absolute Gasteiger partial charge is 0.409 e. The Balaban J connectivity index is 2.63. The van der Waals surface area contributed by atoms with Gasteiger partial charge in [-0.2, -0.15) is 0 Å². The van der Waals surface area contributed by atoms with Crippen molar-refractivity contribution < 1.29 is 9.53 Å². The summed E-state index contributed by atoms with van der Waals surface area (Å²) in [6.07, 6.45) is -0.490. The summed E-state index contributed by atoms with van der Waals surface area (Å²) in [5.41, 5.74) is 0. The van der Waals surface area contributed by atoms with Crippen LogP contribution in [0.25, 0.3) is 0 Å². The summed E-state index contributed by atoms with van der Waals surface area (Å²) in [6, 6.07) is 6.82. The number of carbonyl (C=O) groups is 1. The zero-order valence-corrected chi connectivity index (χ0v) is 7.97. The number of benzene rings is 1. The van der Waals surface area contributed by atoms with E-state index in [0.717, 1.165) is 0 Å². The molecular formula is C9H10ClNO2. The van der Waals surface area contributed by atoms with Crippen molar-refractivity contribution in [1.82, 2.24) is 5.32 Å². The summed E-state index contributed by atoms with van der Waals surface area (Å²) in [7, 11) is 0. The number of nitrogens with one attached hydrogen (secondary N) is 1. The summed E-state index contributed by atoms with van der Waals surface area (Å²) in [6.45, 7) is 2.34. The molecule has 1 aromatic carbocycles. The second kappa shape index (κ2) is 4.72. The van der Waals surface area contributed by atoms with E-state index in [2.05, 4.69) is 5.32 Å². The lowest BCUT2D eigenvalue weighted by molar-refractivity contribution is 0.201. The molecule has 3 nitrogen and oxygen atoms in total. The van der Waals surface area contributed by atoms with Gasteiger partial charge in [0.1, 0.15) is 0 Å². The van der Waals surface area contributed by atoms with Crippen molar-refractivity contribution in [2.75, 3.05) is 6.54 Å². The number of amides is 1. The predicted molar refractivity (Wildman–Crippen MR) is 51.2 cm³/mol. The Hall–Kier alpha value is -1.22. The van der Waals surface area contributed by atoms with E-state index in [1.165, 1.54) is 0 Å². The Morgan fingerprint density at radius 2 is 2.23 bits per heavy atom. The number of ether oxygens (including phenoxy) is 1. The van der Waals surface area contributed by atoms with Gasteiger partial charge in [0.25, 0.3) is 0 Å². The average Bonchev–Trinajstić information content (AvgIpc) is 2.09. The zero-order valence-electron chi connectivity index (χ0n) is 7.21. The van der Waals surface area contributed by atoms with E-state index in [4.69, 9.17) is 16.3 Å². The van der Waals surface area contributed by atoms with Crippen LogP contribution in [0.4, 0.5) is 4.79 Å². The molecule has 0 saturated carbocycles. The van der Waals surface area contributed by atoms with Crippen molar-refractivity contribution in [3.05, 3.63) is 29.3 Å². The molecule has 0 aliphatic carbocycles. The molecule has 1 aromatic rings. The number of halogens is 1. The molecule has 4 heteroatoms. The number of rotatable bonds is 2. The van der Waals surface area contributed by atoms with Crippen molar-refractivity contribution in [1.29, 1.82) is 0 Å². The highest BCUT2D eigenvalue weighted by Crippen LogP contribution is 2.22. The molecule has 0 atom stereocenters. The van der Waals surface area contributed by atoms with E-state index in [1.807, 2.05) is 6.92 Å². The molecule has 0 heterocycles. The monoisotopic (exact) mass is 199 g/mol. The molecule has 0 fully saturated rings. The molecule has 0 aromatic heterocycles. The SMILES string of the molecule is CCNC(=O)Oc1ccccc1Cl. The van der Waals surface area contributed by atoms with Gasteiger partial charge in [0, 0.05) is 6.54 Å². The summed E-state index contributed by atoms with van der Waals surface area (Å²) < 4.78 is 4.90. The van der Waals surface area contributed by atoms with Gasteiger partial charge in [-0.15, -0.1) is 0 Å². The molecule has 1 N–H and O–H groups in total. The Labute approximate surface area is 81.7 Å². The van der Waals surface area contributed by atoms with Gasteiger partial charge < -0.3 is 10.1 Å². The Bertz CT molecular complexity index is 301. The Morgan fingerprint density at radius 3 is 2.85 bits per heavy atom. The highest BCUT2D eigenvalue weighted by Gasteiger charge is 2.04. The number of para-hydroxylation sites is 1. The van der Waals surface area contributed by atoms with E-state index >= 15 is 0 Å². The summed E-state index contributed by atoms with van der Waals surface area (Å²) in [5, 5.41) is 2.93. The number of hydrogen-bond donors (Lipinski definition) is 1. The molecule has 1 rings (SSSR count). The maximum absolute atomic E-state index is 11.0. The topological polar surface area (TPSA) is 38.3 Å². The Kier molecular flexibility index (Phi) is 3.58. The fourth-order valence-electron chi connectivity index (χ4n) is 0.808. The Morgan fingerprint density at radius 1 is 1.54 bits per heavy atom. The molecule has 0 aliphatic rings. The van der Waals surface area contributed by atoms with Crippen molar-refractivity contribution in [3.63, 3.8) is 0 Å². The van der Waals surface area contributed by atoms with Gasteiger partial charge in [0.15, 0.2) is 5.75 Å². The molecule has 0 unspecified atom stereocenters. The molecule has 70 valence electrons. The second-order valence-corrected chi connectivity index (χ2v) is 2.76. The van der Waals surface area contributed by atoms with Crippen LogP contribution in [0.15, 0.2) is 24.3 Å². The van der Waals surface area contributed by atoms with E-state index in [9.17, 15) is 4.79 Å². The maximum Gasteiger partial charge on any atom is 0.412 e. The maximum atomic E-state index is 11.0. The van der Waals surface area contributed by atoms with Crippen molar-refractivity contribution in [2.45, 2.75) is 6.92 Å². The first-order valence-corrected chi connectivity index (χ1v) is 4.32. The van der Waals surface area contributed by atoms with E-state index < -0.39 is 6.09 Å². The predicted octanol–water partition coefficient (Wildman–Crippen LogP) is 2.45. The molecular weight excluding hydrogens is 190 g/mol. The summed E-state index contributed by atoms with van der Waals surface area (Å²) in [5.74, 6) is 0.370. The molecule has 0 radical (unpaired) electrons. The van der Waals surface area contributed by atoms with Crippen LogP contribution >= 0.6 is 11.6 Å². The van der Waals surface area contributed by atoms with Crippen LogP contribution in [0.1, 0.15) is 6.92 Å². The van der Waals surface area contributed by atoms with Crippen LogP contribution in [-0.4, -0.2) is 12.6 Å². The second-order valence-electron chi connectivity index (χ2n) is 2.35. The normalized spacial score (nSPS) is 9.38. The third-order valence-electron chi connectivity index (χ3n) is 1.36. The fourth-order valence-corrected chi connectivity index (χ4v) is 0.982. The largest absolute Gasteiger partial charge is 0.412 e. The summed E-state index contributed by atoms with van der Waals surface area (Å²) in [4.78, 5) is 11.0. The fraction of sp³-hybridized carbons (Fsp3) is 0.222. The first kappa shape index (κ1) is 9.86. The average molecular weight is 200 g/mol. The van der Waals surface area contributed by atoms with Gasteiger partial charge in [0.2, 0.25) is 0 Å². The van der Waals surface area contributed by atoms with Crippen LogP contribution in [0.2, 0.25) is 5.02 Å². The van der Waals surface area contributed by atoms with Gasteiger partial charge in [-0.05, 0) is 19.1 Å². The third kappa shape index (κ3) is 2.95. The number of hydrogen-bond acceptors (Lipinski definition) is 2. The van der Waals surface area contributed by atoms with Crippen LogP contribution in [-0.2, 0) is 0 Å². The van der Waals surface area contributed by atoms with E-state index in [-0.39, 0.29) is 0 Å². The minimum atomic E-state index is -0.490. The van der Waals surface area contributed by atoms with E-state index in [1.54, 1.807) is 24.3 Å². The molecule has 0 saturated heterocycles. The van der Waals surface area contributed by atoms with Gasteiger partial charge >= 0.3 is 6.09 Å². The standard InChI is InChI=1S/C9H10ClNO2/c1-2-11-9(12)13-8-6-4-3-5-7(8)10/h3-6H,2H2,1H3,(H,11,12). The van der Waals surface area contributed by atoms with Gasteiger partial charge in [0.05, 0.1) is 5.02 Å². The first-order chi connectivity index (χ1) is 6.24. The highest BCUT2D eigenvalue weighted by atomic mass is 35.5. The van der Waals surface area contributed by atoms with Crippen LogP contribution in [0.3, 0.4) is 0 Å². The molecule has 13 heavy (non-hydrogen) atoms. The molecule has 0 bridgehead atoms. The van der Waals surface area contributed by atoms with Gasteiger partial charge in [-0.25, -0.2) is 4.79 Å². The lowest BCUT2D eigenvalue weighted by Crippen LogP contribution is -2.26. The molecule has 1 amide bonds. The van der Waals surface area contributed by atoms with Crippen molar-refractivity contribution >= 4 is 17.7 Å². The zero-order chi connectivity index (χ0) is 9.68. The number of carbonyl (C=O) groups excluding carboxylic acids is 1. The van der Waals surface area contributed by atoms with Crippen LogP contribution in [0.5, 0.6) is 5.75 Å². The lowest BCUT2D eigenvalue weighted by Gasteiger charge is -2.05. The van der Waals surface area contributed by atoms with Crippen LogP contribution < -0.4 is 10.1 Å². The van der Waals surface area contributed by atoms with E-state index in [0.29, 0.717) is 17.3 Å². The molecule has 0 spiro atoms. The van der Waals surface area contributed by atoms with Crippen molar-refractivity contribution in [2.24, 2.45) is 0 Å². The minimum absolute atomic E-state index is 0.370. The van der Waals surface area contributed by atoms with Crippen molar-refractivity contribution in [3.8, 4) is 5.75 Å². The first-order valence-electron chi connectivity index (χ1n) is 3.94. The lowest BCUT2D eigenvalue weighted by atomic mass is 10.3. The van der Waals surface area contributed by atoms with Crippen LogP contribution in [0, 0.1) is 0 Å². The quantitative estimate of drug-likeness (QED) is 0.795. The van der Waals surface area contributed by atoms with Gasteiger partial charge in [-0.1, -0.05) is 23.7 Å². The highest BCUT2D eigenvalue weighted by molar-refractivity contribution is 6.32. The van der Waals surface area contributed by atoms with Gasteiger partial charge in [-0.3, -0.25) is 0 Å². The summed E-state index contributed by atoms with van der Waals surface area (Å²) >= 11 is 5.76. The third-order valence-corrected chi connectivity index (χ3v) is 1.67.